The first-order chi connectivity index (χ1) is 12.6. The molecular weight excluding hydrogens is 645 g/mol. The third kappa shape index (κ3) is 3.53. The molecule has 132 valence electrons. The Labute approximate surface area is 174 Å². The first-order valence-corrected chi connectivity index (χ1v) is 26.2. The Bertz CT molecular complexity index is 804. The van der Waals surface area contributed by atoms with E-state index in [-0.39, 0.29) is 0 Å². The number of allylic oxidation sites excluding steroid dienone is 2. The average Bonchev–Trinajstić information content (AvgIpc) is 3.14. The van der Waals surface area contributed by atoms with Crippen LogP contribution in [-0.4, -0.2) is 0 Å². The van der Waals surface area contributed by atoms with Gasteiger partial charge in [0.1, 0.15) is 0 Å². The minimum atomic E-state index is -1.61. The zero-order valence-electron chi connectivity index (χ0n) is 16.3. The molecule has 2 aliphatic rings. The predicted octanol–water partition coefficient (Wildman–Crippen LogP) is 7.47. The number of benzene rings is 2. The second kappa shape index (κ2) is 7.95. The first kappa shape index (κ1) is 19.0. The van der Waals surface area contributed by atoms with E-state index in [1.165, 1.54) is 11.1 Å². The van der Waals surface area contributed by atoms with Crippen LogP contribution in [0.3, 0.4) is 0 Å². The normalized spacial score (nSPS) is 20.3. The van der Waals surface area contributed by atoms with Crippen molar-refractivity contribution in [1.29, 1.82) is 0 Å². The second-order valence-electron chi connectivity index (χ2n) is 8.09. The van der Waals surface area contributed by atoms with Crippen LogP contribution in [0.5, 0.6) is 0 Å². The van der Waals surface area contributed by atoms with E-state index in [4.69, 9.17) is 0 Å². The molecule has 0 aliphatic heterocycles. The summed E-state index contributed by atoms with van der Waals surface area (Å²) in [5.41, 5.74) is 9.61. The van der Waals surface area contributed by atoms with Crippen molar-refractivity contribution >= 4 is 12.2 Å². The number of rotatable bonds is 5. The van der Waals surface area contributed by atoms with Crippen LogP contribution in [0.1, 0.15) is 43.5 Å². The Kier molecular flexibility index (Phi) is 5.81. The van der Waals surface area contributed by atoms with Gasteiger partial charge >= 0.3 is 176 Å². The monoisotopic (exact) mass is 676 g/mol. The van der Waals surface area contributed by atoms with E-state index in [0.29, 0.717) is 0 Å². The molecule has 0 heterocycles. The van der Waals surface area contributed by atoms with Gasteiger partial charge in [0, 0.05) is 0 Å². The van der Waals surface area contributed by atoms with Crippen LogP contribution < -0.4 is 0 Å². The maximum absolute atomic E-state index is 2.69. The molecule has 0 fully saturated rings. The van der Waals surface area contributed by atoms with E-state index < -0.39 is 42.9 Å². The molecule has 0 amide bonds. The van der Waals surface area contributed by atoms with Gasteiger partial charge in [-0.3, -0.25) is 0 Å². The number of fused-ring (bicyclic) bond motifs is 2. The van der Waals surface area contributed by atoms with Crippen LogP contribution in [0.2, 0.25) is 17.7 Å². The summed E-state index contributed by atoms with van der Waals surface area (Å²) in [6.07, 6.45) is 4.92. The van der Waals surface area contributed by atoms with Crippen LogP contribution in [0, 0.1) is 0 Å². The van der Waals surface area contributed by atoms with E-state index in [1.54, 1.807) is 30.6 Å². The van der Waals surface area contributed by atoms with E-state index >= 15 is 0 Å². The Hall–Kier alpha value is -0.340. The molecule has 0 N–H and O–H groups in total. The molecule has 4 rings (SSSR count). The van der Waals surface area contributed by atoms with Crippen LogP contribution in [-0.2, 0) is 42.9 Å². The van der Waals surface area contributed by atoms with Gasteiger partial charge in [0.05, 0.1) is 0 Å². The van der Waals surface area contributed by atoms with Crippen LogP contribution in [0.4, 0.5) is 0 Å². The van der Waals surface area contributed by atoms with Crippen molar-refractivity contribution in [2.24, 2.45) is 0 Å². The number of hydrogen-bond acceptors (Lipinski definition) is 0. The molecule has 0 saturated carbocycles. The van der Waals surface area contributed by atoms with Gasteiger partial charge in [-0.2, -0.15) is 0 Å². The standard InChI is InChI=1S/2C10H9.C2H4.2CH3.2Hf/c2*1-8-6-9-4-2-3-5-10(9)7-8;1-2;;;;/h2*2-7H,1H3;1-2H2;2*1H3;;. The molecular formula is C24H28Hf2. The Morgan fingerprint density at radius 1 is 0.654 bits per heavy atom. The molecule has 2 aromatic carbocycles. The molecule has 0 spiro atoms. The first-order valence-electron chi connectivity index (χ1n) is 9.75. The topological polar surface area (TPSA) is 0 Å². The van der Waals surface area contributed by atoms with Crippen LogP contribution in [0.25, 0.3) is 12.2 Å². The zero-order chi connectivity index (χ0) is 18.3. The van der Waals surface area contributed by atoms with Gasteiger partial charge in [-0.1, -0.05) is 0 Å². The summed E-state index contributed by atoms with van der Waals surface area (Å²) >= 11 is -3.22. The third-order valence-electron chi connectivity index (χ3n) is 6.19. The molecule has 0 saturated heterocycles. The van der Waals surface area contributed by atoms with Crippen LogP contribution >= 0.6 is 0 Å². The molecule has 0 radical (unpaired) electrons. The minimum absolute atomic E-state index is 0.850. The van der Waals surface area contributed by atoms with Crippen molar-refractivity contribution in [3.8, 4) is 0 Å². The zero-order valence-corrected chi connectivity index (χ0v) is 23.5. The summed E-state index contributed by atoms with van der Waals surface area (Å²) in [4.78, 5) is 0. The molecule has 0 bridgehead atoms. The fourth-order valence-electron chi connectivity index (χ4n) is 4.95. The SMILES string of the molecule is CC1=Cc2ccccc2[CH]1[Hf]([CH3])[CH2][CH2][Hf]([CH3])[CH]1C(C)=Cc2ccccc21. The Balaban J connectivity index is 1.45. The molecule has 2 atom stereocenters. The molecule has 26 heavy (non-hydrogen) atoms. The average molecular weight is 673 g/mol. The van der Waals surface area contributed by atoms with Gasteiger partial charge < -0.3 is 0 Å². The summed E-state index contributed by atoms with van der Waals surface area (Å²) in [7, 11) is 0. The van der Waals surface area contributed by atoms with Gasteiger partial charge in [-0.15, -0.1) is 0 Å². The molecule has 2 heteroatoms. The molecule has 2 unspecified atom stereocenters. The van der Waals surface area contributed by atoms with Crippen molar-refractivity contribution in [2.75, 3.05) is 0 Å². The van der Waals surface area contributed by atoms with Gasteiger partial charge in [-0.05, 0) is 0 Å². The van der Waals surface area contributed by atoms with Crippen molar-refractivity contribution in [2.45, 2.75) is 38.9 Å². The van der Waals surface area contributed by atoms with Crippen molar-refractivity contribution in [1.82, 2.24) is 0 Å². The van der Waals surface area contributed by atoms with E-state index in [2.05, 4.69) is 83.9 Å². The predicted molar refractivity (Wildman–Crippen MR) is 107 cm³/mol. The Morgan fingerprint density at radius 2 is 1.04 bits per heavy atom. The quantitative estimate of drug-likeness (QED) is 0.289. The Morgan fingerprint density at radius 3 is 1.46 bits per heavy atom. The van der Waals surface area contributed by atoms with Gasteiger partial charge in [0.2, 0.25) is 0 Å². The van der Waals surface area contributed by atoms with Crippen molar-refractivity contribution in [3.63, 3.8) is 0 Å². The molecule has 0 aromatic heterocycles. The van der Waals surface area contributed by atoms with Crippen molar-refractivity contribution < 1.29 is 42.9 Å². The summed E-state index contributed by atoms with van der Waals surface area (Å²) in [6, 6.07) is 18.3. The molecule has 2 aliphatic carbocycles. The molecule has 2 aromatic rings. The summed E-state index contributed by atoms with van der Waals surface area (Å²) < 4.78 is 10.3. The molecule has 0 nitrogen and oxygen atoms in total. The number of hydrogen-bond donors (Lipinski definition) is 0. The van der Waals surface area contributed by atoms with Crippen molar-refractivity contribution in [3.05, 3.63) is 81.9 Å². The third-order valence-corrected chi connectivity index (χ3v) is 32.7. The van der Waals surface area contributed by atoms with Crippen LogP contribution in [0.15, 0.2) is 59.7 Å². The summed E-state index contributed by atoms with van der Waals surface area (Å²) in [5.74, 6) is 0. The fourth-order valence-corrected chi connectivity index (χ4v) is 44.9. The second-order valence-corrected chi connectivity index (χ2v) is 28.0. The fraction of sp³-hybridized carbons (Fsp3) is 0.333. The van der Waals surface area contributed by atoms with Gasteiger partial charge in [0.25, 0.3) is 0 Å². The van der Waals surface area contributed by atoms with E-state index in [0.717, 1.165) is 7.35 Å². The van der Waals surface area contributed by atoms with Gasteiger partial charge in [0.15, 0.2) is 0 Å². The summed E-state index contributed by atoms with van der Waals surface area (Å²) in [6.45, 7) is 4.76. The van der Waals surface area contributed by atoms with E-state index in [9.17, 15) is 0 Å². The maximum atomic E-state index is 2.69. The summed E-state index contributed by atoms with van der Waals surface area (Å²) in [5, 5.41) is 0. The van der Waals surface area contributed by atoms with E-state index in [1.807, 2.05) is 0 Å². The van der Waals surface area contributed by atoms with Gasteiger partial charge in [-0.25, -0.2) is 0 Å².